The topological polar surface area (TPSA) is 55.1 Å². The van der Waals surface area contributed by atoms with E-state index in [-0.39, 0.29) is 11.4 Å². The Kier molecular flexibility index (Phi) is 3.79. The van der Waals surface area contributed by atoms with Gasteiger partial charge in [-0.2, -0.15) is 0 Å². The van der Waals surface area contributed by atoms with Gasteiger partial charge in [0.1, 0.15) is 0 Å². The van der Waals surface area contributed by atoms with Gasteiger partial charge in [-0.1, -0.05) is 31.4 Å². The van der Waals surface area contributed by atoms with Crippen LogP contribution in [0, 0.1) is 0 Å². The number of nitrogens with two attached hydrogens (primary N) is 1. The maximum absolute atomic E-state index is 12.3. The summed E-state index contributed by atoms with van der Waals surface area (Å²) in [6, 6.07) is 8.31. The first kappa shape index (κ1) is 13.6. The minimum Gasteiger partial charge on any atom is -0.349 e. The normalized spacial score (nSPS) is 21.4. The van der Waals surface area contributed by atoms with Crippen LogP contribution >= 0.6 is 0 Å². The van der Waals surface area contributed by atoms with Crippen molar-refractivity contribution in [3.63, 3.8) is 0 Å². The summed E-state index contributed by atoms with van der Waals surface area (Å²) in [6.45, 7) is 0. The summed E-state index contributed by atoms with van der Waals surface area (Å²) in [7, 11) is 0. The standard InChI is InChI=1S/C17H24N2O/c18-17(9-10-17)12-13-5-4-6-14(11-13)16(20)19-15-7-2-1-3-8-15/h4-6,11,15H,1-3,7-10,12,18H2,(H,19,20). The zero-order valence-electron chi connectivity index (χ0n) is 12.0. The predicted molar refractivity (Wildman–Crippen MR) is 80.6 cm³/mol. The molecule has 20 heavy (non-hydrogen) atoms. The van der Waals surface area contributed by atoms with Crippen molar-refractivity contribution in [2.75, 3.05) is 0 Å². The number of hydrogen-bond donors (Lipinski definition) is 2. The average molecular weight is 272 g/mol. The summed E-state index contributed by atoms with van der Waals surface area (Å²) in [5, 5.41) is 3.17. The summed E-state index contributed by atoms with van der Waals surface area (Å²) in [4.78, 5) is 12.3. The number of carbonyl (C=O) groups is 1. The van der Waals surface area contributed by atoms with Gasteiger partial charge in [0.15, 0.2) is 0 Å². The Balaban J connectivity index is 1.63. The lowest BCUT2D eigenvalue weighted by atomic mass is 9.95. The zero-order valence-corrected chi connectivity index (χ0v) is 12.0. The van der Waals surface area contributed by atoms with Gasteiger partial charge >= 0.3 is 0 Å². The molecule has 2 aliphatic rings. The number of nitrogens with one attached hydrogen (secondary N) is 1. The Labute approximate surface area is 120 Å². The maximum atomic E-state index is 12.3. The van der Waals surface area contributed by atoms with Gasteiger partial charge in [0.25, 0.3) is 5.91 Å². The quantitative estimate of drug-likeness (QED) is 0.885. The minimum absolute atomic E-state index is 0.00152. The molecule has 0 unspecified atom stereocenters. The lowest BCUT2D eigenvalue weighted by molar-refractivity contribution is 0.0927. The maximum Gasteiger partial charge on any atom is 0.251 e. The van der Waals surface area contributed by atoms with E-state index in [9.17, 15) is 4.79 Å². The monoisotopic (exact) mass is 272 g/mol. The number of hydrogen-bond acceptors (Lipinski definition) is 2. The van der Waals surface area contributed by atoms with Crippen LogP contribution in [0.3, 0.4) is 0 Å². The fourth-order valence-electron chi connectivity index (χ4n) is 3.08. The number of carbonyl (C=O) groups excluding carboxylic acids is 1. The summed E-state index contributed by atoms with van der Waals surface area (Å²) < 4.78 is 0. The number of benzene rings is 1. The largest absolute Gasteiger partial charge is 0.349 e. The van der Waals surface area contributed by atoms with Crippen molar-refractivity contribution >= 4 is 5.91 Å². The van der Waals surface area contributed by atoms with Crippen LogP contribution < -0.4 is 11.1 Å². The Morgan fingerprint density at radius 1 is 1.25 bits per heavy atom. The predicted octanol–water partition coefficient (Wildman–Crippen LogP) is 2.78. The number of rotatable bonds is 4. The summed E-state index contributed by atoms with van der Waals surface area (Å²) in [5.74, 6) is 0.0700. The molecule has 0 heterocycles. The lowest BCUT2D eigenvalue weighted by Gasteiger charge is -2.22. The highest BCUT2D eigenvalue weighted by atomic mass is 16.1. The first-order valence-electron chi connectivity index (χ1n) is 7.83. The van der Waals surface area contributed by atoms with Gasteiger partial charge in [-0.05, 0) is 49.8 Å². The Morgan fingerprint density at radius 2 is 2.00 bits per heavy atom. The van der Waals surface area contributed by atoms with E-state index >= 15 is 0 Å². The van der Waals surface area contributed by atoms with Gasteiger partial charge in [0.2, 0.25) is 0 Å². The van der Waals surface area contributed by atoms with E-state index in [0.717, 1.165) is 37.7 Å². The molecule has 2 saturated carbocycles. The molecule has 0 radical (unpaired) electrons. The van der Waals surface area contributed by atoms with Crippen LogP contribution in [0.2, 0.25) is 0 Å². The van der Waals surface area contributed by atoms with Crippen molar-refractivity contribution in [1.29, 1.82) is 0 Å². The average Bonchev–Trinajstić information content (AvgIpc) is 3.17. The van der Waals surface area contributed by atoms with E-state index in [2.05, 4.69) is 11.4 Å². The molecule has 3 nitrogen and oxygen atoms in total. The molecule has 108 valence electrons. The van der Waals surface area contributed by atoms with Crippen molar-refractivity contribution in [2.45, 2.75) is 62.9 Å². The van der Waals surface area contributed by atoms with Crippen molar-refractivity contribution in [3.8, 4) is 0 Å². The third-order valence-electron chi connectivity index (χ3n) is 4.58. The van der Waals surface area contributed by atoms with Gasteiger partial charge in [0.05, 0.1) is 0 Å². The number of amides is 1. The van der Waals surface area contributed by atoms with E-state index in [4.69, 9.17) is 5.73 Å². The smallest absolute Gasteiger partial charge is 0.251 e. The first-order chi connectivity index (χ1) is 9.65. The van der Waals surface area contributed by atoms with Crippen LogP contribution in [0.5, 0.6) is 0 Å². The Morgan fingerprint density at radius 3 is 2.70 bits per heavy atom. The molecule has 2 fully saturated rings. The molecule has 3 rings (SSSR count). The van der Waals surface area contributed by atoms with Crippen molar-refractivity contribution in [1.82, 2.24) is 5.32 Å². The second kappa shape index (κ2) is 5.57. The molecule has 0 spiro atoms. The summed E-state index contributed by atoms with van der Waals surface area (Å²) in [6.07, 6.45) is 9.12. The Hall–Kier alpha value is -1.35. The van der Waals surface area contributed by atoms with Crippen LogP contribution in [0.1, 0.15) is 60.9 Å². The van der Waals surface area contributed by atoms with Crippen LogP contribution in [-0.4, -0.2) is 17.5 Å². The van der Waals surface area contributed by atoms with Gasteiger partial charge in [-0.25, -0.2) is 0 Å². The second-order valence-corrected chi connectivity index (χ2v) is 6.55. The van der Waals surface area contributed by atoms with Gasteiger partial charge in [-0.3, -0.25) is 4.79 Å². The molecule has 0 atom stereocenters. The highest BCUT2D eigenvalue weighted by Crippen LogP contribution is 2.35. The molecular formula is C17H24N2O. The van der Waals surface area contributed by atoms with Crippen molar-refractivity contribution in [3.05, 3.63) is 35.4 Å². The fraction of sp³-hybridized carbons (Fsp3) is 0.588. The van der Waals surface area contributed by atoms with Crippen LogP contribution in [0.25, 0.3) is 0 Å². The third-order valence-corrected chi connectivity index (χ3v) is 4.58. The summed E-state index contributed by atoms with van der Waals surface area (Å²) >= 11 is 0. The van der Waals surface area contributed by atoms with E-state index in [1.54, 1.807) is 0 Å². The van der Waals surface area contributed by atoms with E-state index in [1.165, 1.54) is 24.8 Å². The molecule has 3 N–H and O–H groups in total. The molecule has 1 amide bonds. The van der Waals surface area contributed by atoms with Crippen LogP contribution in [0.4, 0.5) is 0 Å². The van der Waals surface area contributed by atoms with Gasteiger partial charge < -0.3 is 11.1 Å². The van der Waals surface area contributed by atoms with Gasteiger partial charge in [-0.15, -0.1) is 0 Å². The third kappa shape index (κ3) is 3.40. The highest BCUT2D eigenvalue weighted by molar-refractivity contribution is 5.94. The van der Waals surface area contributed by atoms with E-state index < -0.39 is 0 Å². The molecule has 0 bridgehead atoms. The molecule has 3 heteroatoms. The molecule has 1 aromatic carbocycles. The molecule has 0 aliphatic heterocycles. The van der Waals surface area contributed by atoms with Crippen LogP contribution in [-0.2, 0) is 6.42 Å². The van der Waals surface area contributed by atoms with Crippen molar-refractivity contribution in [2.24, 2.45) is 5.73 Å². The zero-order chi connectivity index (χ0) is 14.0. The van der Waals surface area contributed by atoms with E-state index in [0.29, 0.717) is 6.04 Å². The Bertz CT molecular complexity index is 488. The fourth-order valence-corrected chi connectivity index (χ4v) is 3.08. The van der Waals surface area contributed by atoms with Gasteiger partial charge in [0, 0.05) is 17.1 Å². The minimum atomic E-state index is -0.00152. The summed E-state index contributed by atoms with van der Waals surface area (Å²) in [5.41, 5.74) is 8.11. The van der Waals surface area contributed by atoms with Crippen LogP contribution in [0.15, 0.2) is 24.3 Å². The highest BCUT2D eigenvalue weighted by Gasteiger charge is 2.37. The molecule has 0 saturated heterocycles. The molecule has 0 aromatic heterocycles. The molecular weight excluding hydrogens is 248 g/mol. The molecule has 2 aliphatic carbocycles. The SMILES string of the molecule is NC1(Cc2cccc(C(=O)NC3CCCCC3)c2)CC1. The lowest BCUT2D eigenvalue weighted by Crippen LogP contribution is -2.36. The second-order valence-electron chi connectivity index (χ2n) is 6.55. The van der Waals surface area contributed by atoms with Crippen molar-refractivity contribution < 1.29 is 4.79 Å². The van der Waals surface area contributed by atoms with E-state index in [1.807, 2.05) is 18.2 Å². The first-order valence-corrected chi connectivity index (χ1v) is 7.83. The molecule has 1 aromatic rings.